The van der Waals surface area contributed by atoms with Crippen LogP contribution in [0.2, 0.25) is 5.02 Å². The molecule has 0 spiro atoms. The molecule has 0 amide bonds. The highest BCUT2D eigenvalue weighted by Crippen LogP contribution is 2.30. The highest BCUT2D eigenvalue weighted by molar-refractivity contribution is 7.97. The van der Waals surface area contributed by atoms with Gasteiger partial charge in [0.1, 0.15) is 0 Å². The van der Waals surface area contributed by atoms with Crippen LogP contribution < -0.4 is 0 Å². The standard InChI is InChI=1S/C13H18ClNO4S/c1-18-7-5-15(6-8-19-2)20-12-9-10(13(16)17)3-4-11(12)14/h3-4,9H,5-8H2,1-2H3,(H,16,17). The summed E-state index contributed by atoms with van der Waals surface area (Å²) in [5, 5.41) is 9.54. The minimum absolute atomic E-state index is 0.218. The van der Waals surface area contributed by atoms with Crippen LogP contribution in [0.4, 0.5) is 0 Å². The van der Waals surface area contributed by atoms with E-state index in [-0.39, 0.29) is 5.56 Å². The maximum atomic E-state index is 11.0. The second-order valence-corrected chi connectivity index (χ2v) is 5.50. The van der Waals surface area contributed by atoms with Gasteiger partial charge in [-0.2, -0.15) is 0 Å². The molecule has 0 radical (unpaired) electrons. The van der Waals surface area contributed by atoms with Crippen molar-refractivity contribution in [2.75, 3.05) is 40.5 Å². The number of aromatic carboxylic acids is 1. The first kappa shape index (κ1) is 17.3. The van der Waals surface area contributed by atoms with Crippen LogP contribution in [0.25, 0.3) is 0 Å². The van der Waals surface area contributed by atoms with Crippen LogP contribution in [0.15, 0.2) is 23.1 Å². The van der Waals surface area contributed by atoms with Crippen LogP contribution in [0, 0.1) is 0 Å². The van der Waals surface area contributed by atoms with Crippen molar-refractivity contribution in [3.8, 4) is 0 Å². The van der Waals surface area contributed by atoms with Gasteiger partial charge in [0.05, 0.1) is 23.8 Å². The van der Waals surface area contributed by atoms with Crippen LogP contribution in [0.5, 0.6) is 0 Å². The van der Waals surface area contributed by atoms with Crippen LogP contribution in [0.3, 0.4) is 0 Å². The Bertz CT molecular complexity index is 436. The van der Waals surface area contributed by atoms with Crippen molar-refractivity contribution in [3.63, 3.8) is 0 Å². The molecular formula is C13H18ClNO4S. The van der Waals surface area contributed by atoms with E-state index in [1.54, 1.807) is 26.4 Å². The third kappa shape index (κ3) is 5.68. The van der Waals surface area contributed by atoms with Crippen molar-refractivity contribution in [3.05, 3.63) is 28.8 Å². The average molecular weight is 320 g/mol. The lowest BCUT2D eigenvalue weighted by Gasteiger charge is -2.21. The van der Waals surface area contributed by atoms with Crippen molar-refractivity contribution in [2.45, 2.75) is 4.90 Å². The first-order valence-corrected chi connectivity index (χ1v) is 7.17. The van der Waals surface area contributed by atoms with Crippen LogP contribution in [-0.4, -0.2) is 55.9 Å². The molecule has 0 aliphatic rings. The zero-order chi connectivity index (χ0) is 15.0. The van der Waals surface area contributed by atoms with Crippen molar-refractivity contribution in [2.24, 2.45) is 0 Å². The monoisotopic (exact) mass is 319 g/mol. The van der Waals surface area contributed by atoms with Gasteiger partial charge in [-0.1, -0.05) is 11.6 Å². The molecule has 0 saturated heterocycles. The Balaban J connectivity index is 2.79. The summed E-state index contributed by atoms with van der Waals surface area (Å²) in [7, 11) is 3.27. The Morgan fingerprint density at radius 3 is 2.40 bits per heavy atom. The summed E-state index contributed by atoms with van der Waals surface area (Å²) < 4.78 is 12.1. The Hall–Kier alpha value is -0.790. The van der Waals surface area contributed by atoms with E-state index in [9.17, 15) is 4.79 Å². The van der Waals surface area contributed by atoms with Crippen molar-refractivity contribution >= 4 is 29.5 Å². The van der Waals surface area contributed by atoms with Gasteiger partial charge in [0.25, 0.3) is 0 Å². The van der Waals surface area contributed by atoms with E-state index in [0.29, 0.717) is 36.2 Å². The Labute approximate surface area is 127 Å². The molecule has 0 aromatic heterocycles. The number of nitrogens with zero attached hydrogens (tertiary/aromatic N) is 1. The first-order valence-electron chi connectivity index (χ1n) is 6.02. The predicted molar refractivity (Wildman–Crippen MR) is 79.6 cm³/mol. The van der Waals surface area contributed by atoms with E-state index in [2.05, 4.69) is 0 Å². The number of hydrogen-bond acceptors (Lipinski definition) is 5. The number of hydrogen-bond donors (Lipinski definition) is 1. The molecule has 1 aromatic rings. The number of methoxy groups -OCH3 is 2. The van der Waals surface area contributed by atoms with E-state index in [0.717, 1.165) is 0 Å². The predicted octanol–water partition coefficient (Wildman–Crippen LogP) is 2.64. The maximum Gasteiger partial charge on any atom is 0.335 e. The fraction of sp³-hybridized carbons (Fsp3) is 0.462. The summed E-state index contributed by atoms with van der Waals surface area (Å²) in [6.45, 7) is 2.54. The lowest BCUT2D eigenvalue weighted by molar-refractivity contribution is 0.0696. The van der Waals surface area contributed by atoms with Crippen LogP contribution in [-0.2, 0) is 9.47 Å². The number of carboxylic acids is 1. The number of halogens is 1. The summed E-state index contributed by atoms with van der Waals surface area (Å²) in [4.78, 5) is 11.7. The Morgan fingerprint density at radius 1 is 1.30 bits per heavy atom. The van der Waals surface area contributed by atoms with E-state index < -0.39 is 5.97 Å². The van der Waals surface area contributed by atoms with E-state index in [4.69, 9.17) is 26.2 Å². The fourth-order valence-electron chi connectivity index (χ4n) is 1.43. The summed E-state index contributed by atoms with van der Waals surface area (Å²) in [5.41, 5.74) is 0.218. The lowest BCUT2D eigenvalue weighted by Crippen LogP contribution is -2.24. The number of carbonyl (C=O) groups is 1. The van der Waals surface area contributed by atoms with Crippen LogP contribution in [0.1, 0.15) is 10.4 Å². The lowest BCUT2D eigenvalue weighted by atomic mass is 10.2. The average Bonchev–Trinajstić information content (AvgIpc) is 2.43. The molecule has 1 aromatic carbocycles. The number of benzene rings is 1. The first-order chi connectivity index (χ1) is 9.58. The third-order valence-corrected chi connectivity index (χ3v) is 4.09. The van der Waals surface area contributed by atoms with Gasteiger partial charge < -0.3 is 14.6 Å². The van der Waals surface area contributed by atoms with Gasteiger partial charge >= 0.3 is 5.97 Å². The van der Waals surface area contributed by atoms with Gasteiger partial charge in [0.15, 0.2) is 0 Å². The minimum Gasteiger partial charge on any atom is -0.478 e. The number of ether oxygens (including phenoxy) is 2. The quantitative estimate of drug-likeness (QED) is 0.706. The summed E-state index contributed by atoms with van der Waals surface area (Å²) >= 11 is 7.51. The molecule has 112 valence electrons. The molecule has 0 aliphatic carbocycles. The summed E-state index contributed by atoms with van der Waals surface area (Å²) in [6, 6.07) is 4.66. The van der Waals surface area contributed by atoms with Gasteiger partial charge in [-0.05, 0) is 30.1 Å². The molecule has 5 nitrogen and oxygen atoms in total. The Kier molecular flexibility index (Phi) is 7.94. The molecular weight excluding hydrogens is 302 g/mol. The zero-order valence-electron chi connectivity index (χ0n) is 11.5. The van der Waals surface area contributed by atoms with E-state index in [1.807, 2.05) is 4.31 Å². The van der Waals surface area contributed by atoms with Gasteiger partial charge in [-0.3, -0.25) is 0 Å². The number of carboxylic acid groups (broad SMARTS) is 1. The third-order valence-electron chi connectivity index (χ3n) is 2.50. The van der Waals surface area contributed by atoms with Gasteiger partial charge in [0, 0.05) is 32.2 Å². The topological polar surface area (TPSA) is 59.0 Å². The normalized spacial score (nSPS) is 11.0. The molecule has 0 bridgehead atoms. The van der Waals surface area contributed by atoms with E-state index >= 15 is 0 Å². The molecule has 1 N–H and O–H groups in total. The van der Waals surface area contributed by atoms with Crippen molar-refractivity contribution in [1.82, 2.24) is 4.31 Å². The van der Waals surface area contributed by atoms with Crippen molar-refractivity contribution in [1.29, 1.82) is 0 Å². The highest BCUT2D eigenvalue weighted by atomic mass is 35.5. The largest absolute Gasteiger partial charge is 0.478 e. The van der Waals surface area contributed by atoms with Crippen molar-refractivity contribution < 1.29 is 19.4 Å². The highest BCUT2D eigenvalue weighted by Gasteiger charge is 2.12. The molecule has 0 unspecified atom stereocenters. The van der Waals surface area contributed by atoms with Gasteiger partial charge in [0.2, 0.25) is 0 Å². The second kappa shape index (κ2) is 9.20. The smallest absolute Gasteiger partial charge is 0.335 e. The summed E-state index contributed by atoms with van der Waals surface area (Å²) in [5.74, 6) is -0.969. The molecule has 0 aliphatic heterocycles. The molecule has 0 saturated carbocycles. The number of rotatable bonds is 9. The van der Waals surface area contributed by atoms with Gasteiger partial charge in [-0.25, -0.2) is 9.10 Å². The molecule has 7 heteroatoms. The molecule has 0 heterocycles. The maximum absolute atomic E-state index is 11.0. The van der Waals surface area contributed by atoms with Crippen LogP contribution >= 0.6 is 23.5 Å². The SMILES string of the molecule is COCCN(CCOC)Sc1cc(C(=O)O)ccc1Cl. The summed E-state index contributed by atoms with van der Waals surface area (Å²) in [6.07, 6.45) is 0. The van der Waals surface area contributed by atoms with E-state index in [1.165, 1.54) is 18.0 Å². The fourth-order valence-corrected chi connectivity index (χ4v) is 2.60. The molecule has 0 fully saturated rings. The minimum atomic E-state index is -0.969. The molecule has 1 rings (SSSR count). The van der Waals surface area contributed by atoms with Gasteiger partial charge in [-0.15, -0.1) is 0 Å². The zero-order valence-corrected chi connectivity index (χ0v) is 13.0. The Morgan fingerprint density at radius 2 is 1.90 bits per heavy atom. The molecule has 20 heavy (non-hydrogen) atoms. The molecule has 0 atom stereocenters. The second-order valence-electron chi connectivity index (χ2n) is 3.96.